The van der Waals surface area contributed by atoms with Crippen molar-refractivity contribution in [3.8, 4) is 11.5 Å². The molecule has 19 heavy (non-hydrogen) atoms. The Kier molecular flexibility index (Phi) is 5.06. The number of hydrogen-bond donors (Lipinski definition) is 1. The average molecular weight is 286 g/mol. The van der Waals surface area contributed by atoms with Gasteiger partial charge in [-0.25, -0.2) is 0 Å². The number of ether oxygens (including phenoxy) is 2. The number of benzene rings is 1. The van der Waals surface area contributed by atoms with Gasteiger partial charge < -0.3 is 14.8 Å². The van der Waals surface area contributed by atoms with Crippen LogP contribution in [0.15, 0.2) is 18.2 Å². The molecule has 0 bridgehead atoms. The first-order valence-electron chi connectivity index (χ1n) is 6.01. The maximum Gasteiger partial charge on any atom is 0.259 e. The number of alkyl halides is 1. The lowest BCUT2D eigenvalue weighted by atomic mass is 10.0. The number of nitrogens with one attached hydrogen (secondary N) is 1. The molecule has 0 aromatic heterocycles. The largest absolute Gasteiger partial charge is 0.496 e. The number of carbonyl (C=O) groups is 1. The van der Waals surface area contributed by atoms with E-state index in [0.717, 1.165) is 0 Å². The van der Waals surface area contributed by atoms with Crippen molar-refractivity contribution in [2.75, 3.05) is 14.2 Å². The molecular formula is C14H20ClNO3. The first-order valence-corrected chi connectivity index (χ1v) is 6.44. The molecule has 1 aromatic carbocycles. The van der Waals surface area contributed by atoms with Crippen LogP contribution in [0.25, 0.3) is 0 Å². The first-order chi connectivity index (χ1) is 8.83. The van der Waals surface area contributed by atoms with Gasteiger partial charge in [0.1, 0.15) is 17.1 Å². The minimum atomic E-state index is -0.537. The molecule has 0 spiro atoms. The Morgan fingerprint density at radius 1 is 1.26 bits per heavy atom. The number of halogens is 1. The maximum absolute atomic E-state index is 12.4. The Morgan fingerprint density at radius 2 is 1.74 bits per heavy atom. The van der Waals surface area contributed by atoms with Crippen LogP contribution in [0.3, 0.4) is 0 Å². The summed E-state index contributed by atoms with van der Waals surface area (Å²) in [5.74, 6) is 0.663. The summed E-state index contributed by atoms with van der Waals surface area (Å²) in [5.41, 5.74) is -0.164. The average Bonchev–Trinajstić information content (AvgIpc) is 2.36. The summed E-state index contributed by atoms with van der Waals surface area (Å²) < 4.78 is 10.4. The molecule has 1 unspecified atom stereocenters. The Hall–Kier alpha value is -1.42. The number of carbonyl (C=O) groups excluding carboxylic acids is 1. The van der Waals surface area contributed by atoms with Gasteiger partial charge in [-0.2, -0.15) is 0 Å². The zero-order valence-corrected chi connectivity index (χ0v) is 12.7. The Labute approximate surface area is 119 Å². The molecule has 0 aliphatic carbocycles. The van der Waals surface area contributed by atoms with Crippen molar-refractivity contribution in [3.05, 3.63) is 23.8 Å². The molecule has 0 aliphatic rings. The quantitative estimate of drug-likeness (QED) is 0.846. The van der Waals surface area contributed by atoms with E-state index < -0.39 is 5.54 Å². The predicted octanol–water partition coefficient (Wildman–Crippen LogP) is 2.84. The van der Waals surface area contributed by atoms with Gasteiger partial charge in [-0.05, 0) is 32.9 Å². The second-order valence-electron chi connectivity index (χ2n) is 4.83. The van der Waals surface area contributed by atoms with Crippen LogP contribution >= 0.6 is 11.6 Å². The van der Waals surface area contributed by atoms with Crippen molar-refractivity contribution in [3.63, 3.8) is 0 Å². The third-order valence-electron chi connectivity index (χ3n) is 3.09. The van der Waals surface area contributed by atoms with Crippen LogP contribution in [-0.2, 0) is 0 Å². The number of rotatable bonds is 5. The van der Waals surface area contributed by atoms with E-state index in [9.17, 15) is 4.79 Å². The number of amides is 1. The molecule has 106 valence electrons. The molecule has 0 aliphatic heterocycles. The fraction of sp³-hybridized carbons (Fsp3) is 0.500. The highest BCUT2D eigenvalue weighted by molar-refractivity contribution is 6.21. The second kappa shape index (κ2) is 6.15. The zero-order valence-electron chi connectivity index (χ0n) is 11.9. The number of methoxy groups -OCH3 is 2. The second-order valence-corrected chi connectivity index (χ2v) is 5.48. The van der Waals surface area contributed by atoms with E-state index in [1.54, 1.807) is 18.2 Å². The summed E-state index contributed by atoms with van der Waals surface area (Å²) in [7, 11) is 3.03. The van der Waals surface area contributed by atoms with Gasteiger partial charge in [0.2, 0.25) is 0 Å². The molecule has 0 fully saturated rings. The van der Waals surface area contributed by atoms with E-state index in [0.29, 0.717) is 17.1 Å². The van der Waals surface area contributed by atoms with Crippen LogP contribution in [0.4, 0.5) is 0 Å². The van der Waals surface area contributed by atoms with E-state index in [4.69, 9.17) is 21.1 Å². The maximum atomic E-state index is 12.4. The fourth-order valence-corrected chi connectivity index (χ4v) is 1.58. The molecular weight excluding hydrogens is 266 g/mol. The molecule has 0 saturated carbocycles. The highest BCUT2D eigenvalue weighted by Gasteiger charge is 2.29. The lowest BCUT2D eigenvalue weighted by Gasteiger charge is -2.29. The van der Waals surface area contributed by atoms with Crippen LogP contribution in [-0.4, -0.2) is 31.0 Å². The van der Waals surface area contributed by atoms with E-state index in [1.165, 1.54) is 14.2 Å². The van der Waals surface area contributed by atoms with Crippen LogP contribution in [0.5, 0.6) is 11.5 Å². The zero-order chi connectivity index (χ0) is 14.6. The van der Waals surface area contributed by atoms with Gasteiger partial charge in [-0.1, -0.05) is 6.07 Å². The minimum absolute atomic E-state index is 0.211. The van der Waals surface area contributed by atoms with Crippen molar-refractivity contribution in [2.45, 2.75) is 31.7 Å². The Morgan fingerprint density at radius 3 is 2.11 bits per heavy atom. The van der Waals surface area contributed by atoms with Crippen molar-refractivity contribution in [1.82, 2.24) is 5.32 Å². The highest BCUT2D eigenvalue weighted by atomic mass is 35.5. The molecule has 4 nitrogen and oxygen atoms in total. The standard InChI is InChI=1S/C14H20ClNO3/c1-9(15)14(2,3)16-13(17)12-10(18-4)7-6-8-11(12)19-5/h6-9H,1-5H3,(H,16,17). The van der Waals surface area contributed by atoms with Crippen LogP contribution in [0.2, 0.25) is 0 Å². The van der Waals surface area contributed by atoms with Crippen molar-refractivity contribution in [2.24, 2.45) is 0 Å². The third-order valence-corrected chi connectivity index (χ3v) is 3.63. The van der Waals surface area contributed by atoms with Gasteiger partial charge in [0, 0.05) is 0 Å². The molecule has 1 amide bonds. The molecule has 0 radical (unpaired) electrons. The first kappa shape index (κ1) is 15.6. The lowest BCUT2D eigenvalue weighted by molar-refractivity contribution is 0.0906. The van der Waals surface area contributed by atoms with Crippen molar-refractivity contribution in [1.29, 1.82) is 0 Å². The Balaban J connectivity index is 3.12. The summed E-state index contributed by atoms with van der Waals surface area (Å²) in [6.45, 7) is 5.57. The normalized spacial score (nSPS) is 12.7. The van der Waals surface area contributed by atoms with Crippen molar-refractivity contribution < 1.29 is 14.3 Å². The lowest BCUT2D eigenvalue weighted by Crippen LogP contribution is -2.49. The van der Waals surface area contributed by atoms with Crippen LogP contribution < -0.4 is 14.8 Å². The summed E-state index contributed by atoms with van der Waals surface area (Å²) in [6.07, 6.45) is 0. The topological polar surface area (TPSA) is 47.6 Å². The molecule has 1 aromatic rings. The van der Waals surface area contributed by atoms with Gasteiger partial charge in [-0.15, -0.1) is 11.6 Å². The highest BCUT2D eigenvalue weighted by Crippen LogP contribution is 2.29. The van der Waals surface area contributed by atoms with E-state index in [-0.39, 0.29) is 11.3 Å². The molecule has 0 saturated heterocycles. The summed E-state index contributed by atoms with van der Waals surface area (Å²) in [6, 6.07) is 5.20. The van der Waals surface area contributed by atoms with Crippen molar-refractivity contribution >= 4 is 17.5 Å². The molecule has 1 N–H and O–H groups in total. The smallest absolute Gasteiger partial charge is 0.259 e. The fourth-order valence-electron chi connectivity index (χ4n) is 1.53. The molecule has 5 heteroatoms. The minimum Gasteiger partial charge on any atom is -0.496 e. The van der Waals surface area contributed by atoms with Crippen LogP contribution in [0.1, 0.15) is 31.1 Å². The molecule has 1 atom stereocenters. The van der Waals surface area contributed by atoms with Gasteiger partial charge in [0.25, 0.3) is 5.91 Å². The van der Waals surface area contributed by atoms with Crippen LogP contribution in [0, 0.1) is 0 Å². The third kappa shape index (κ3) is 3.53. The van der Waals surface area contributed by atoms with Gasteiger partial charge in [-0.3, -0.25) is 4.79 Å². The predicted molar refractivity (Wildman–Crippen MR) is 76.4 cm³/mol. The van der Waals surface area contributed by atoms with E-state index in [2.05, 4.69) is 5.32 Å². The SMILES string of the molecule is COc1cccc(OC)c1C(=O)NC(C)(C)C(C)Cl. The van der Waals surface area contributed by atoms with Gasteiger partial charge in [0.15, 0.2) is 0 Å². The van der Waals surface area contributed by atoms with Gasteiger partial charge >= 0.3 is 0 Å². The van der Waals surface area contributed by atoms with E-state index in [1.807, 2.05) is 20.8 Å². The summed E-state index contributed by atoms with van der Waals surface area (Å²) in [4.78, 5) is 12.4. The monoisotopic (exact) mass is 285 g/mol. The summed E-state index contributed by atoms with van der Waals surface area (Å²) >= 11 is 6.07. The summed E-state index contributed by atoms with van der Waals surface area (Å²) in [5, 5.41) is 2.68. The molecule has 1 rings (SSSR count). The Bertz CT molecular complexity index is 436. The van der Waals surface area contributed by atoms with E-state index >= 15 is 0 Å². The number of hydrogen-bond acceptors (Lipinski definition) is 3. The van der Waals surface area contributed by atoms with Gasteiger partial charge in [0.05, 0.1) is 25.1 Å². The molecule has 0 heterocycles.